The largest absolute Gasteiger partial charge is 0.338 e. The lowest BCUT2D eigenvalue weighted by Gasteiger charge is -2.08. The van der Waals surface area contributed by atoms with Gasteiger partial charge in [0, 0.05) is 16.0 Å². The molecule has 0 aliphatic rings. The first-order chi connectivity index (χ1) is 7.24. The molecule has 0 atom stereocenters. The van der Waals surface area contributed by atoms with Crippen LogP contribution in [-0.2, 0) is 0 Å². The molecule has 2 N–H and O–H groups in total. The number of urea groups is 1. The number of para-hydroxylation sites is 1. The van der Waals surface area contributed by atoms with E-state index < -0.39 is 0 Å². The lowest BCUT2D eigenvalue weighted by atomic mass is 10.3. The number of amides is 2. The Morgan fingerprint density at radius 2 is 2.13 bits per heavy atom. The van der Waals surface area contributed by atoms with Crippen LogP contribution in [0.4, 0.5) is 10.5 Å². The molecule has 3 nitrogen and oxygen atoms in total. The molecule has 1 aromatic rings. The van der Waals surface area contributed by atoms with Gasteiger partial charge in [-0.25, -0.2) is 4.79 Å². The highest BCUT2D eigenvalue weighted by atomic mass is 127. The Labute approximate surface area is 108 Å². The van der Waals surface area contributed by atoms with E-state index in [1.165, 1.54) is 0 Å². The van der Waals surface area contributed by atoms with Gasteiger partial charge >= 0.3 is 6.03 Å². The summed E-state index contributed by atoms with van der Waals surface area (Å²) in [7, 11) is 0. The second-order valence-corrected chi connectivity index (χ2v) is 4.44. The van der Waals surface area contributed by atoms with E-state index in [-0.39, 0.29) is 6.03 Å². The van der Waals surface area contributed by atoms with Crippen molar-refractivity contribution in [3.05, 3.63) is 27.8 Å². The van der Waals surface area contributed by atoms with E-state index in [1.54, 1.807) is 0 Å². The Bertz CT molecular complexity index is 333. The van der Waals surface area contributed by atoms with Crippen LogP contribution >= 0.6 is 34.2 Å². The van der Waals surface area contributed by atoms with Gasteiger partial charge in [0.25, 0.3) is 0 Å². The topological polar surface area (TPSA) is 41.1 Å². The highest BCUT2D eigenvalue weighted by molar-refractivity contribution is 14.1. The van der Waals surface area contributed by atoms with Gasteiger partial charge in [-0.15, -0.1) is 11.6 Å². The lowest BCUT2D eigenvalue weighted by Crippen LogP contribution is -2.29. The molecule has 0 radical (unpaired) electrons. The molecular weight excluding hydrogens is 326 g/mol. The van der Waals surface area contributed by atoms with Crippen molar-refractivity contribution >= 4 is 45.9 Å². The molecule has 82 valence electrons. The molecule has 1 aromatic carbocycles. The highest BCUT2D eigenvalue weighted by Crippen LogP contribution is 2.16. The standard InChI is InChI=1S/C10H12ClIN2O/c11-6-3-7-13-10(15)14-9-5-2-1-4-8(9)12/h1-2,4-5H,3,6-7H2,(H2,13,14,15). The summed E-state index contributed by atoms with van der Waals surface area (Å²) in [5.41, 5.74) is 0.821. The van der Waals surface area contributed by atoms with E-state index in [4.69, 9.17) is 11.6 Å². The van der Waals surface area contributed by atoms with Crippen LogP contribution in [0.1, 0.15) is 6.42 Å². The van der Waals surface area contributed by atoms with Gasteiger partial charge in [0.15, 0.2) is 0 Å². The van der Waals surface area contributed by atoms with Crippen molar-refractivity contribution in [1.29, 1.82) is 0 Å². The van der Waals surface area contributed by atoms with Crippen molar-refractivity contribution < 1.29 is 4.79 Å². The van der Waals surface area contributed by atoms with E-state index in [2.05, 4.69) is 33.2 Å². The number of halogens is 2. The van der Waals surface area contributed by atoms with Gasteiger partial charge in [-0.05, 0) is 41.1 Å². The predicted molar refractivity (Wildman–Crippen MR) is 71.5 cm³/mol. The molecule has 2 amide bonds. The zero-order valence-electron chi connectivity index (χ0n) is 8.09. The van der Waals surface area contributed by atoms with Gasteiger partial charge in [0.1, 0.15) is 0 Å². The summed E-state index contributed by atoms with van der Waals surface area (Å²) in [6.45, 7) is 0.596. The average molecular weight is 339 g/mol. The van der Waals surface area contributed by atoms with Gasteiger partial charge in [-0.1, -0.05) is 12.1 Å². The number of nitrogens with one attached hydrogen (secondary N) is 2. The molecular formula is C10H12ClIN2O. The van der Waals surface area contributed by atoms with Gasteiger partial charge in [0.2, 0.25) is 0 Å². The molecule has 0 aromatic heterocycles. The normalized spacial score (nSPS) is 9.73. The summed E-state index contributed by atoms with van der Waals surface area (Å²) in [6.07, 6.45) is 0.779. The second-order valence-electron chi connectivity index (χ2n) is 2.90. The fourth-order valence-corrected chi connectivity index (χ4v) is 1.65. The third-order valence-electron chi connectivity index (χ3n) is 1.72. The van der Waals surface area contributed by atoms with Crippen molar-refractivity contribution in [2.75, 3.05) is 17.7 Å². The van der Waals surface area contributed by atoms with Crippen LogP contribution in [-0.4, -0.2) is 18.5 Å². The molecule has 0 bridgehead atoms. The minimum Gasteiger partial charge on any atom is -0.338 e. The predicted octanol–water partition coefficient (Wildman–Crippen LogP) is 3.04. The van der Waals surface area contributed by atoms with E-state index in [0.29, 0.717) is 12.4 Å². The number of anilines is 1. The van der Waals surface area contributed by atoms with E-state index in [0.717, 1.165) is 15.7 Å². The Balaban J connectivity index is 2.41. The summed E-state index contributed by atoms with van der Waals surface area (Å²) in [4.78, 5) is 11.4. The fourth-order valence-electron chi connectivity index (χ4n) is 0.998. The van der Waals surface area contributed by atoms with E-state index in [1.807, 2.05) is 24.3 Å². The lowest BCUT2D eigenvalue weighted by molar-refractivity contribution is 0.252. The average Bonchev–Trinajstić information content (AvgIpc) is 2.22. The number of carbonyl (C=O) groups is 1. The molecule has 0 aliphatic carbocycles. The molecule has 0 saturated carbocycles. The van der Waals surface area contributed by atoms with E-state index in [9.17, 15) is 4.79 Å². The molecule has 0 heterocycles. The van der Waals surface area contributed by atoms with Crippen LogP contribution in [0.5, 0.6) is 0 Å². The smallest absolute Gasteiger partial charge is 0.319 e. The fraction of sp³-hybridized carbons (Fsp3) is 0.300. The number of hydrogen-bond donors (Lipinski definition) is 2. The third kappa shape index (κ3) is 4.70. The van der Waals surface area contributed by atoms with E-state index >= 15 is 0 Å². The third-order valence-corrected chi connectivity index (χ3v) is 2.93. The van der Waals surface area contributed by atoms with Crippen molar-refractivity contribution in [2.45, 2.75) is 6.42 Å². The first-order valence-corrected chi connectivity index (χ1v) is 6.20. The van der Waals surface area contributed by atoms with Crippen LogP contribution < -0.4 is 10.6 Å². The molecule has 0 fully saturated rings. The van der Waals surface area contributed by atoms with Crippen molar-refractivity contribution in [3.8, 4) is 0 Å². The summed E-state index contributed by atoms with van der Waals surface area (Å²) in [5, 5.41) is 5.49. The zero-order chi connectivity index (χ0) is 11.1. The number of carbonyl (C=O) groups excluding carboxylic acids is 1. The van der Waals surface area contributed by atoms with Gasteiger partial charge < -0.3 is 10.6 Å². The molecule has 5 heteroatoms. The first kappa shape index (κ1) is 12.6. The molecule has 0 aliphatic heterocycles. The molecule has 0 spiro atoms. The Hall–Kier alpha value is -0.490. The van der Waals surface area contributed by atoms with Gasteiger partial charge in [-0.2, -0.15) is 0 Å². The number of benzene rings is 1. The maximum Gasteiger partial charge on any atom is 0.319 e. The quantitative estimate of drug-likeness (QED) is 0.494. The minimum atomic E-state index is -0.191. The SMILES string of the molecule is O=C(NCCCCl)Nc1ccccc1I. The maximum absolute atomic E-state index is 11.4. The maximum atomic E-state index is 11.4. The second kappa shape index (κ2) is 6.90. The Morgan fingerprint density at radius 3 is 2.80 bits per heavy atom. The van der Waals surface area contributed by atoms with Crippen LogP contribution in [0.2, 0.25) is 0 Å². The number of hydrogen-bond acceptors (Lipinski definition) is 1. The van der Waals surface area contributed by atoms with Crippen LogP contribution in [0.25, 0.3) is 0 Å². The summed E-state index contributed by atoms with van der Waals surface area (Å²) >= 11 is 7.67. The highest BCUT2D eigenvalue weighted by Gasteiger charge is 2.02. The van der Waals surface area contributed by atoms with Crippen LogP contribution in [0.3, 0.4) is 0 Å². The monoisotopic (exact) mass is 338 g/mol. The Morgan fingerprint density at radius 1 is 1.40 bits per heavy atom. The van der Waals surface area contributed by atoms with Crippen molar-refractivity contribution in [2.24, 2.45) is 0 Å². The van der Waals surface area contributed by atoms with Gasteiger partial charge in [-0.3, -0.25) is 0 Å². The van der Waals surface area contributed by atoms with Crippen molar-refractivity contribution in [1.82, 2.24) is 5.32 Å². The number of rotatable bonds is 4. The van der Waals surface area contributed by atoms with Crippen LogP contribution in [0.15, 0.2) is 24.3 Å². The summed E-state index contributed by atoms with van der Waals surface area (Å²) in [6, 6.07) is 7.43. The molecule has 0 unspecified atom stereocenters. The molecule has 0 saturated heterocycles. The molecule has 1 rings (SSSR count). The molecule has 15 heavy (non-hydrogen) atoms. The minimum absolute atomic E-state index is 0.191. The van der Waals surface area contributed by atoms with Crippen LogP contribution in [0, 0.1) is 3.57 Å². The first-order valence-electron chi connectivity index (χ1n) is 4.59. The number of alkyl halides is 1. The summed E-state index contributed by atoms with van der Waals surface area (Å²) < 4.78 is 1.02. The Kier molecular flexibility index (Phi) is 5.78. The summed E-state index contributed by atoms with van der Waals surface area (Å²) in [5.74, 6) is 0.559. The van der Waals surface area contributed by atoms with Gasteiger partial charge in [0.05, 0.1) is 5.69 Å². The zero-order valence-corrected chi connectivity index (χ0v) is 11.0. The van der Waals surface area contributed by atoms with Crippen molar-refractivity contribution in [3.63, 3.8) is 0 Å².